The summed E-state index contributed by atoms with van der Waals surface area (Å²) in [5.74, 6) is -0.00546. The maximum Gasteiger partial charge on any atom is 0.270 e. The SMILES string of the molecule is CC1CN(C(=O)Cc2ccc([N+](=O)[O-])cc2Cl)CCN1.Cl. The summed E-state index contributed by atoms with van der Waals surface area (Å²) in [4.78, 5) is 24.1. The van der Waals surface area contributed by atoms with Crippen molar-refractivity contribution in [2.75, 3.05) is 19.6 Å². The van der Waals surface area contributed by atoms with E-state index in [2.05, 4.69) is 5.32 Å². The van der Waals surface area contributed by atoms with Gasteiger partial charge in [0.15, 0.2) is 0 Å². The van der Waals surface area contributed by atoms with E-state index in [0.29, 0.717) is 18.7 Å². The number of nitrogens with zero attached hydrogens (tertiary/aromatic N) is 2. The summed E-state index contributed by atoms with van der Waals surface area (Å²) < 4.78 is 0. The predicted molar refractivity (Wildman–Crippen MR) is 83.1 cm³/mol. The van der Waals surface area contributed by atoms with Crippen molar-refractivity contribution in [2.45, 2.75) is 19.4 Å². The standard InChI is InChI=1S/C13H16ClN3O3.ClH/c1-9-8-16(5-4-15-9)13(18)6-10-2-3-11(17(19)20)7-12(10)14;/h2-3,7,9,15H,4-6,8H2,1H3;1H. The molecule has 0 bridgehead atoms. The van der Waals surface area contributed by atoms with Crippen LogP contribution in [0.15, 0.2) is 18.2 Å². The molecular formula is C13H17Cl2N3O3. The van der Waals surface area contributed by atoms with Gasteiger partial charge < -0.3 is 10.2 Å². The van der Waals surface area contributed by atoms with E-state index in [1.807, 2.05) is 6.92 Å². The Morgan fingerprint density at radius 3 is 2.86 bits per heavy atom. The maximum atomic E-state index is 12.2. The first-order chi connectivity index (χ1) is 9.47. The molecule has 1 atom stereocenters. The minimum absolute atomic E-state index is 0. The van der Waals surface area contributed by atoms with Gasteiger partial charge >= 0.3 is 0 Å². The molecule has 8 heteroatoms. The van der Waals surface area contributed by atoms with Crippen LogP contribution in [0.5, 0.6) is 0 Å². The van der Waals surface area contributed by atoms with Crippen molar-refractivity contribution in [3.63, 3.8) is 0 Å². The molecule has 0 aliphatic carbocycles. The van der Waals surface area contributed by atoms with Crippen molar-refractivity contribution in [1.29, 1.82) is 0 Å². The van der Waals surface area contributed by atoms with Gasteiger partial charge in [0, 0.05) is 37.8 Å². The largest absolute Gasteiger partial charge is 0.340 e. The Morgan fingerprint density at radius 1 is 1.57 bits per heavy atom. The molecule has 1 N–H and O–H groups in total. The van der Waals surface area contributed by atoms with Gasteiger partial charge in [-0.05, 0) is 12.5 Å². The summed E-state index contributed by atoms with van der Waals surface area (Å²) in [6.07, 6.45) is 0.170. The van der Waals surface area contributed by atoms with Crippen LogP contribution in [0.4, 0.5) is 5.69 Å². The first-order valence-electron chi connectivity index (χ1n) is 6.41. The summed E-state index contributed by atoms with van der Waals surface area (Å²) in [6, 6.07) is 4.48. The average Bonchev–Trinajstić information content (AvgIpc) is 2.40. The van der Waals surface area contributed by atoms with Crippen LogP contribution in [0.1, 0.15) is 12.5 Å². The predicted octanol–water partition coefficient (Wildman–Crippen LogP) is 2.03. The summed E-state index contributed by atoms with van der Waals surface area (Å²) in [6.45, 7) is 4.15. The first kappa shape index (κ1) is 17.7. The summed E-state index contributed by atoms with van der Waals surface area (Å²) >= 11 is 6.00. The number of piperazine rings is 1. The molecule has 1 unspecified atom stereocenters. The number of non-ortho nitro benzene ring substituents is 1. The molecule has 6 nitrogen and oxygen atoms in total. The number of nitrogens with one attached hydrogen (secondary N) is 1. The van der Waals surface area contributed by atoms with Crippen molar-refractivity contribution in [3.8, 4) is 0 Å². The molecule has 1 aromatic carbocycles. The molecule has 0 aromatic heterocycles. The smallest absolute Gasteiger partial charge is 0.270 e. The summed E-state index contributed by atoms with van der Waals surface area (Å²) in [5, 5.41) is 14.2. The lowest BCUT2D eigenvalue weighted by Crippen LogP contribution is -2.51. The summed E-state index contributed by atoms with van der Waals surface area (Å²) in [5.41, 5.74) is 0.551. The van der Waals surface area contributed by atoms with Crippen LogP contribution >= 0.6 is 24.0 Å². The van der Waals surface area contributed by atoms with Crippen LogP contribution in [-0.4, -0.2) is 41.4 Å². The lowest BCUT2D eigenvalue weighted by atomic mass is 10.1. The fourth-order valence-corrected chi connectivity index (χ4v) is 2.47. The maximum absolute atomic E-state index is 12.2. The number of nitro benzene ring substituents is 1. The Morgan fingerprint density at radius 2 is 2.29 bits per heavy atom. The minimum Gasteiger partial charge on any atom is -0.340 e. The third-order valence-corrected chi connectivity index (χ3v) is 3.66. The molecule has 0 radical (unpaired) electrons. The highest BCUT2D eigenvalue weighted by molar-refractivity contribution is 6.31. The number of hydrogen-bond acceptors (Lipinski definition) is 4. The lowest BCUT2D eigenvalue weighted by Gasteiger charge is -2.32. The van der Waals surface area contributed by atoms with Gasteiger partial charge in [0.2, 0.25) is 5.91 Å². The van der Waals surface area contributed by atoms with Gasteiger partial charge in [-0.2, -0.15) is 0 Å². The lowest BCUT2D eigenvalue weighted by molar-refractivity contribution is -0.384. The van der Waals surface area contributed by atoms with Crippen molar-refractivity contribution in [3.05, 3.63) is 38.9 Å². The summed E-state index contributed by atoms with van der Waals surface area (Å²) in [7, 11) is 0. The van der Waals surface area contributed by atoms with Crippen molar-refractivity contribution in [2.24, 2.45) is 0 Å². The van der Waals surface area contributed by atoms with E-state index >= 15 is 0 Å². The zero-order chi connectivity index (χ0) is 14.7. The molecule has 2 rings (SSSR count). The fraction of sp³-hybridized carbons (Fsp3) is 0.462. The van der Waals surface area contributed by atoms with Crippen molar-refractivity contribution < 1.29 is 9.72 Å². The molecular weight excluding hydrogens is 317 g/mol. The highest BCUT2D eigenvalue weighted by atomic mass is 35.5. The van der Waals surface area contributed by atoms with E-state index in [1.165, 1.54) is 12.1 Å². The quantitative estimate of drug-likeness (QED) is 0.678. The van der Waals surface area contributed by atoms with Crippen LogP contribution in [0.2, 0.25) is 5.02 Å². The second-order valence-electron chi connectivity index (χ2n) is 4.90. The van der Waals surface area contributed by atoms with E-state index in [9.17, 15) is 14.9 Å². The number of carbonyl (C=O) groups is 1. The van der Waals surface area contributed by atoms with Crippen LogP contribution in [-0.2, 0) is 11.2 Å². The molecule has 1 saturated heterocycles. The van der Waals surface area contributed by atoms with Crippen LogP contribution in [0.3, 0.4) is 0 Å². The molecule has 116 valence electrons. The number of rotatable bonds is 3. The van der Waals surface area contributed by atoms with Gasteiger partial charge in [-0.3, -0.25) is 14.9 Å². The number of amides is 1. The third-order valence-electron chi connectivity index (χ3n) is 3.31. The molecule has 1 heterocycles. The molecule has 1 amide bonds. The Kier molecular flexibility index (Phi) is 6.39. The van der Waals surface area contributed by atoms with Crippen LogP contribution in [0, 0.1) is 10.1 Å². The second kappa shape index (κ2) is 7.59. The normalized spacial score (nSPS) is 18.0. The van der Waals surface area contributed by atoms with E-state index in [0.717, 1.165) is 6.54 Å². The highest BCUT2D eigenvalue weighted by Gasteiger charge is 2.21. The Bertz CT molecular complexity index is 539. The number of benzene rings is 1. The third kappa shape index (κ3) is 4.56. The molecule has 21 heavy (non-hydrogen) atoms. The fourth-order valence-electron chi connectivity index (χ4n) is 2.23. The second-order valence-corrected chi connectivity index (χ2v) is 5.31. The molecule has 1 aliphatic rings. The number of nitro groups is 1. The van der Waals surface area contributed by atoms with Gasteiger partial charge in [0.1, 0.15) is 0 Å². The zero-order valence-electron chi connectivity index (χ0n) is 11.5. The van der Waals surface area contributed by atoms with Gasteiger partial charge in [-0.1, -0.05) is 17.7 Å². The Hall–Kier alpha value is -1.37. The van der Waals surface area contributed by atoms with Crippen molar-refractivity contribution in [1.82, 2.24) is 10.2 Å². The van der Waals surface area contributed by atoms with Crippen LogP contribution < -0.4 is 5.32 Å². The molecule has 1 fully saturated rings. The monoisotopic (exact) mass is 333 g/mol. The highest BCUT2D eigenvalue weighted by Crippen LogP contribution is 2.23. The van der Waals surface area contributed by atoms with Crippen molar-refractivity contribution >= 4 is 35.6 Å². The van der Waals surface area contributed by atoms with E-state index in [-0.39, 0.29) is 41.5 Å². The van der Waals surface area contributed by atoms with Gasteiger partial charge in [-0.25, -0.2) is 0 Å². The topological polar surface area (TPSA) is 75.5 Å². The number of hydrogen-bond donors (Lipinski definition) is 1. The van der Waals surface area contributed by atoms with E-state index in [1.54, 1.807) is 11.0 Å². The Labute approximate surface area is 134 Å². The molecule has 1 aromatic rings. The average molecular weight is 334 g/mol. The zero-order valence-corrected chi connectivity index (χ0v) is 13.1. The Balaban J connectivity index is 0.00000220. The van der Waals surface area contributed by atoms with E-state index in [4.69, 9.17) is 11.6 Å². The molecule has 0 saturated carbocycles. The molecule has 0 spiro atoms. The van der Waals surface area contributed by atoms with Gasteiger partial charge in [0.25, 0.3) is 5.69 Å². The minimum atomic E-state index is -0.504. The molecule has 1 aliphatic heterocycles. The number of halogens is 2. The van der Waals surface area contributed by atoms with E-state index < -0.39 is 4.92 Å². The van der Waals surface area contributed by atoms with Gasteiger partial charge in [-0.15, -0.1) is 12.4 Å². The number of carbonyl (C=O) groups excluding carboxylic acids is 1. The van der Waals surface area contributed by atoms with Gasteiger partial charge in [0.05, 0.1) is 16.4 Å². The van der Waals surface area contributed by atoms with Crippen LogP contribution in [0.25, 0.3) is 0 Å². The first-order valence-corrected chi connectivity index (χ1v) is 6.79.